The zero-order valence-corrected chi connectivity index (χ0v) is 18.6. The molecule has 29 heavy (non-hydrogen) atoms. The molecule has 2 rings (SSSR count). The molecule has 2 aromatic carbocycles. The van der Waals surface area contributed by atoms with Crippen LogP contribution in [0.5, 0.6) is 0 Å². The second-order valence-corrected chi connectivity index (χ2v) is 8.18. The van der Waals surface area contributed by atoms with Crippen molar-refractivity contribution in [2.24, 2.45) is 0 Å². The van der Waals surface area contributed by atoms with Crippen molar-refractivity contribution in [3.05, 3.63) is 70.3 Å². The molecule has 0 radical (unpaired) electrons. The van der Waals surface area contributed by atoms with E-state index >= 15 is 0 Å². The first-order chi connectivity index (χ1) is 13.7. The van der Waals surface area contributed by atoms with Crippen molar-refractivity contribution in [2.45, 2.75) is 73.0 Å². The van der Waals surface area contributed by atoms with Crippen LogP contribution in [0.25, 0.3) is 0 Å². The molecule has 0 saturated carbocycles. The summed E-state index contributed by atoms with van der Waals surface area (Å²) in [6.07, 6.45) is 1.14. The third-order valence-corrected chi connectivity index (χ3v) is 5.24. The fraction of sp³-hybridized carbons (Fsp3) is 0.440. The Balaban J connectivity index is 2.26. The fourth-order valence-corrected chi connectivity index (χ4v) is 3.50. The summed E-state index contributed by atoms with van der Waals surface area (Å²) in [7, 11) is 0. The molecule has 0 unspecified atom stereocenters. The van der Waals surface area contributed by atoms with Gasteiger partial charge < -0.3 is 10.2 Å². The topological polar surface area (TPSA) is 49.4 Å². The standard InChI is InChI=1S/C25H34N2O2/c1-7-20(5)26-25(29)21(6)27(16-22-10-8-9-17(2)12-22)24(28)15-23-13-18(3)11-19(4)14-23/h8-14,20-21H,7,15-16H2,1-6H3,(H,26,29)/t20-,21+/m1/s1. The molecule has 0 heterocycles. The Morgan fingerprint density at radius 3 is 2.14 bits per heavy atom. The highest BCUT2D eigenvalue weighted by Crippen LogP contribution is 2.16. The lowest BCUT2D eigenvalue weighted by atomic mass is 10.0. The van der Waals surface area contributed by atoms with Crippen molar-refractivity contribution in [3.63, 3.8) is 0 Å². The first-order valence-corrected chi connectivity index (χ1v) is 10.4. The highest BCUT2D eigenvalue weighted by molar-refractivity contribution is 5.88. The minimum Gasteiger partial charge on any atom is -0.352 e. The zero-order valence-electron chi connectivity index (χ0n) is 18.6. The maximum atomic E-state index is 13.3. The summed E-state index contributed by atoms with van der Waals surface area (Å²) < 4.78 is 0. The van der Waals surface area contributed by atoms with Gasteiger partial charge >= 0.3 is 0 Å². The number of nitrogens with one attached hydrogen (secondary N) is 1. The van der Waals surface area contributed by atoms with Gasteiger partial charge in [0.1, 0.15) is 6.04 Å². The first kappa shape index (κ1) is 22.7. The van der Waals surface area contributed by atoms with E-state index in [9.17, 15) is 9.59 Å². The number of amides is 2. The van der Waals surface area contributed by atoms with Crippen molar-refractivity contribution < 1.29 is 9.59 Å². The summed E-state index contributed by atoms with van der Waals surface area (Å²) in [6, 6.07) is 13.8. The van der Waals surface area contributed by atoms with Crippen LogP contribution in [0.1, 0.15) is 55.0 Å². The molecule has 0 bridgehead atoms. The number of carbonyl (C=O) groups excluding carboxylic acids is 2. The van der Waals surface area contributed by atoms with Gasteiger partial charge in [0.2, 0.25) is 11.8 Å². The summed E-state index contributed by atoms with van der Waals surface area (Å²) in [5.41, 5.74) is 5.43. The molecule has 1 N–H and O–H groups in total. The maximum absolute atomic E-state index is 13.3. The molecule has 0 fully saturated rings. The molecule has 0 aliphatic rings. The van der Waals surface area contributed by atoms with E-state index in [1.54, 1.807) is 4.90 Å². The van der Waals surface area contributed by atoms with Gasteiger partial charge in [-0.25, -0.2) is 0 Å². The van der Waals surface area contributed by atoms with E-state index in [2.05, 4.69) is 17.4 Å². The van der Waals surface area contributed by atoms with E-state index in [1.165, 1.54) is 0 Å². The van der Waals surface area contributed by atoms with Gasteiger partial charge in [0, 0.05) is 12.6 Å². The summed E-state index contributed by atoms with van der Waals surface area (Å²) in [5.74, 6) is -0.149. The van der Waals surface area contributed by atoms with Crippen LogP contribution >= 0.6 is 0 Å². The van der Waals surface area contributed by atoms with Crippen LogP contribution in [0.2, 0.25) is 0 Å². The van der Waals surface area contributed by atoms with Gasteiger partial charge in [0.15, 0.2) is 0 Å². The largest absolute Gasteiger partial charge is 0.352 e. The number of rotatable bonds is 8. The molecule has 2 aromatic rings. The van der Waals surface area contributed by atoms with Gasteiger partial charge in [0.05, 0.1) is 6.42 Å². The Hall–Kier alpha value is -2.62. The monoisotopic (exact) mass is 394 g/mol. The molecule has 0 aliphatic carbocycles. The molecule has 156 valence electrons. The van der Waals surface area contributed by atoms with E-state index in [1.807, 2.05) is 71.9 Å². The molecular weight excluding hydrogens is 360 g/mol. The average Bonchev–Trinajstić information content (AvgIpc) is 2.64. The molecule has 0 saturated heterocycles. The quantitative estimate of drug-likeness (QED) is 0.717. The SMILES string of the molecule is CC[C@@H](C)NC(=O)[C@H](C)N(Cc1cccc(C)c1)C(=O)Cc1cc(C)cc(C)c1. The van der Waals surface area contributed by atoms with Crippen LogP contribution in [0, 0.1) is 20.8 Å². The highest BCUT2D eigenvalue weighted by atomic mass is 16.2. The van der Waals surface area contributed by atoms with Gasteiger partial charge in [-0.2, -0.15) is 0 Å². The minimum absolute atomic E-state index is 0.0386. The van der Waals surface area contributed by atoms with Crippen LogP contribution in [0.15, 0.2) is 42.5 Å². The van der Waals surface area contributed by atoms with Gasteiger partial charge in [-0.1, -0.05) is 66.1 Å². The Morgan fingerprint density at radius 1 is 0.931 bits per heavy atom. The fourth-order valence-electron chi connectivity index (χ4n) is 3.50. The predicted molar refractivity (Wildman–Crippen MR) is 119 cm³/mol. The Morgan fingerprint density at radius 2 is 1.55 bits per heavy atom. The summed E-state index contributed by atoms with van der Waals surface area (Å²) >= 11 is 0. The van der Waals surface area contributed by atoms with Crippen LogP contribution in [-0.4, -0.2) is 28.8 Å². The minimum atomic E-state index is -0.539. The number of hydrogen-bond acceptors (Lipinski definition) is 2. The summed E-state index contributed by atoms with van der Waals surface area (Å²) in [6.45, 7) is 12.3. The molecule has 2 amide bonds. The van der Waals surface area contributed by atoms with Crippen molar-refractivity contribution in [2.75, 3.05) is 0 Å². The van der Waals surface area contributed by atoms with Crippen LogP contribution in [0.4, 0.5) is 0 Å². The van der Waals surface area contributed by atoms with Crippen molar-refractivity contribution >= 4 is 11.8 Å². The summed E-state index contributed by atoms with van der Waals surface area (Å²) in [5, 5.41) is 3.01. The Kier molecular flexibility index (Phi) is 8.00. The lowest BCUT2D eigenvalue weighted by molar-refractivity contribution is -0.140. The number of benzene rings is 2. The van der Waals surface area contributed by atoms with Gasteiger partial charge in [0.25, 0.3) is 0 Å². The Bertz CT molecular complexity index is 839. The third-order valence-electron chi connectivity index (χ3n) is 5.24. The molecule has 0 spiro atoms. The summed E-state index contributed by atoms with van der Waals surface area (Å²) in [4.78, 5) is 27.7. The zero-order chi connectivity index (χ0) is 21.6. The van der Waals surface area contributed by atoms with Crippen molar-refractivity contribution in [3.8, 4) is 0 Å². The predicted octanol–water partition coefficient (Wildman–Crippen LogP) is 4.49. The third kappa shape index (κ3) is 6.74. The second kappa shape index (κ2) is 10.2. The van der Waals surface area contributed by atoms with E-state index < -0.39 is 6.04 Å². The smallest absolute Gasteiger partial charge is 0.242 e. The van der Waals surface area contributed by atoms with E-state index in [-0.39, 0.29) is 24.3 Å². The lowest BCUT2D eigenvalue weighted by Gasteiger charge is -2.30. The van der Waals surface area contributed by atoms with Crippen molar-refractivity contribution in [1.82, 2.24) is 10.2 Å². The van der Waals surface area contributed by atoms with Crippen LogP contribution < -0.4 is 5.32 Å². The number of aryl methyl sites for hydroxylation is 3. The number of hydrogen-bond donors (Lipinski definition) is 1. The van der Waals surface area contributed by atoms with Crippen LogP contribution in [0.3, 0.4) is 0 Å². The first-order valence-electron chi connectivity index (χ1n) is 10.4. The van der Waals surface area contributed by atoms with Gasteiger partial charge in [-0.3, -0.25) is 9.59 Å². The molecule has 0 aliphatic heterocycles. The highest BCUT2D eigenvalue weighted by Gasteiger charge is 2.27. The normalized spacial score (nSPS) is 12.9. The number of carbonyl (C=O) groups is 2. The van der Waals surface area contributed by atoms with E-state index in [0.717, 1.165) is 34.2 Å². The molecule has 4 heteroatoms. The molecule has 4 nitrogen and oxygen atoms in total. The maximum Gasteiger partial charge on any atom is 0.242 e. The second-order valence-electron chi connectivity index (χ2n) is 8.18. The molecular formula is C25H34N2O2. The average molecular weight is 395 g/mol. The molecule has 2 atom stereocenters. The lowest BCUT2D eigenvalue weighted by Crippen LogP contribution is -2.49. The van der Waals surface area contributed by atoms with Crippen molar-refractivity contribution in [1.29, 1.82) is 0 Å². The van der Waals surface area contributed by atoms with E-state index in [4.69, 9.17) is 0 Å². The Labute approximate surface area is 175 Å². The molecule has 0 aromatic heterocycles. The van der Waals surface area contributed by atoms with Gasteiger partial charge in [-0.15, -0.1) is 0 Å². The number of nitrogens with zero attached hydrogens (tertiary/aromatic N) is 1. The van der Waals surface area contributed by atoms with E-state index in [0.29, 0.717) is 6.54 Å². The van der Waals surface area contributed by atoms with Gasteiger partial charge in [-0.05, 0) is 52.2 Å². The van der Waals surface area contributed by atoms with Crippen LogP contribution in [-0.2, 0) is 22.6 Å².